The topological polar surface area (TPSA) is 53.1 Å². The number of nitrogens with zero attached hydrogens (tertiary/aromatic N) is 2. The van der Waals surface area contributed by atoms with Gasteiger partial charge in [-0.15, -0.1) is 0 Å². The fraction of sp³-hybridized carbons (Fsp3) is 0.533. The van der Waals surface area contributed by atoms with Gasteiger partial charge in [-0.1, -0.05) is 12.1 Å². The van der Waals surface area contributed by atoms with Crippen LogP contribution in [0.2, 0.25) is 0 Å². The van der Waals surface area contributed by atoms with Gasteiger partial charge in [0.2, 0.25) is 5.95 Å². The van der Waals surface area contributed by atoms with Gasteiger partial charge in [0.25, 0.3) is 0 Å². The van der Waals surface area contributed by atoms with E-state index in [0.717, 1.165) is 30.5 Å². The molecule has 0 aliphatic carbocycles. The highest BCUT2D eigenvalue weighted by Crippen LogP contribution is 2.36. The highest BCUT2D eigenvalue weighted by Gasteiger charge is 2.31. The third-order valence-electron chi connectivity index (χ3n) is 3.99. The first-order chi connectivity index (χ1) is 8.98. The van der Waals surface area contributed by atoms with Crippen LogP contribution in [-0.2, 0) is 4.74 Å². The molecule has 0 amide bonds. The van der Waals surface area contributed by atoms with Gasteiger partial charge < -0.3 is 15.0 Å². The van der Waals surface area contributed by atoms with Crippen molar-refractivity contribution in [3.05, 3.63) is 23.8 Å². The van der Waals surface area contributed by atoms with Crippen LogP contribution in [0.4, 0.5) is 5.95 Å². The van der Waals surface area contributed by atoms with E-state index >= 15 is 0 Å². The van der Waals surface area contributed by atoms with E-state index in [-0.39, 0.29) is 5.60 Å². The molecule has 2 N–H and O–H groups in total. The second-order valence-corrected chi connectivity index (χ2v) is 6.04. The van der Waals surface area contributed by atoms with Gasteiger partial charge in [-0.2, -0.15) is 0 Å². The van der Waals surface area contributed by atoms with Crippen molar-refractivity contribution in [1.82, 2.24) is 9.55 Å². The van der Waals surface area contributed by atoms with Crippen LogP contribution in [0.5, 0.6) is 0 Å². The van der Waals surface area contributed by atoms with Crippen molar-refractivity contribution in [1.29, 1.82) is 0 Å². The number of rotatable bonds is 1. The summed E-state index contributed by atoms with van der Waals surface area (Å²) < 4.78 is 7.98. The minimum Gasteiger partial charge on any atom is -0.375 e. The van der Waals surface area contributed by atoms with Crippen molar-refractivity contribution >= 4 is 17.0 Å². The molecule has 1 aliphatic rings. The molecule has 1 saturated heterocycles. The van der Waals surface area contributed by atoms with Crippen LogP contribution in [0, 0.1) is 6.92 Å². The SMILES string of the molecule is Cc1cccc2c1nc(N)n2C1CCOC(C)(C)C1. The van der Waals surface area contributed by atoms with E-state index in [0.29, 0.717) is 12.0 Å². The summed E-state index contributed by atoms with van der Waals surface area (Å²) in [5, 5.41) is 0. The maximum atomic E-state index is 6.15. The van der Waals surface area contributed by atoms with Gasteiger partial charge in [-0.05, 0) is 45.2 Å². The summed E-state index contributed by atoms with van der Waals surface area (Å²) in [5.74, 6) is 0.618. The van der Waals surface area contributed by atoms with E-state index in [1.54, 1.807) is 0 Å². The summed E-state index contributed by atoms with van der Waals surface area (Å²) in [6.45, 7) is 7.13. The van der Waals surface area contributed by atoms with Crippen LogP contribution in [0.1, 0.15) is 38.3 Å². The quantitative estimate of drug-likeness (QED) is 0.856. The number of aromatic nitrogens is 2. The maximum absolute atomic E-state index is 6.15. The number of benzene rings is 1. The number of hydrogen-bond acceptors (Lipinski definition) is 3. The van der Waals surface area contributed by atoms with Crippen LogP contribution < -0.4 is 5.73 Å². The number of para-hydroxylation sites is 1. The molecule has 1 aliphatic heterocycles. The molecule has 0 saturated carbocycles. The molecule has 0 radical (unpaired) electrons. The Bertz CT molecular complexity index is 615. The van der Waals surface area contributed by atoms with Crippen LogP contribution >= 0.6 is 0 Å². The Morgan fingerprint density at radius 1 is 1.42 bits per heavy atom. The fourth-order valence-electron chi connectivity index (χ4n) is 3.08. The standard InChI is InChI=1S/C15H21N3O/c1-10-5-4-6-12-13(10)17-14(16)18(12)11-7-8-19-15(2,3)9-11/h4-6,11H,7-9H2,1-3H3,(H2,16,17). The zero-order chi connectivity index (χ0) is 13.6. The molecule has 3 rings (SSSR count). The van der Waals surface area contributed by atoms with Gasteiger partial charge in [0.05, 0.1) is 16.6 Å². The lowest BCUT2D eigenvalue weighted by atomic mass is 9.93. The first-order valence-electron chi connectivity index (χ1n) is 6.85. The molecule has 4 heteroatoms. The first kappa shape index (κ1) is 12.5. The Balaban J connectivity index is 2.10. The zero-order valence-electron chi connectivity index (χ0n) is 11.8. The van der Waals surface area contributed by atoms with E-state index in [9.17, 15) is 0 Å². The zero-order valence-corrected chi connectivity index (χ0v) is 11.8. The average molecular weight is 259 g/mol. The molecule has 2 heterocycles. The highest BCUT2D eigenvalue weighted by atomic mass is 16.5. The van der Waals surface area contributed by atoms with E-state index in [2.05, 4.69) is 48.5 Å². The lowest BCUT2D eigenvalue weighted by Gasteiger charge is -2.36. The third kappa shape index (κ3) is 2.10. The van der Waals surface area contributed by atoms with Gasteiger partial charge in [0, 0.05) is 12.6 Å². The fourth-order valence-corrected chi connectivity index (χ4v) is 3.08. The molecule has 1 fully saturated rings. The summed E-state index contributed by atoms with van der Waals surface area (Å²) in [5.41, 5.74) is 9.40. The minimum atomic E-state index is -0.0875. The number of anilines is 1. The second-order valence-electron chi connectivity index (χ2n) is 6.04. The van der Waals surface area contributed by atoms with Crippen molar-refractivity contribution < 1.29 is 4.74 Å². The molecule has 102 valence electrons. The molecule has 1 atom stereocenters. The predicted molar refractivity (Wildman–Crippen MR) is 77.2 cm³/mol. The molecular formula is C15H21N3O. The number of nitrogen functional groups attached to an aromatic ring is 1. The highest BCUT2D eigenvalue weighted by molar-refractivity contribution is 5.81. The Morgan fingerprint density at radius 3 is 2.95 bits per heavy atom. The average Bonchev–Trinajstić information content (AvgIpc) is 2.66. The van der Waals surface area contributed by atoms with E-state index in [1.807, 2.05) is 0 Å². The number of aryl methyl sites for hydroxylation is 1. The summed E-state index contributed by atoms with van der Waals surface area (Å²) in [6, 6.07) is 6.62. The van der Waals surface area contributed by atoms with Crippen molar-refractivity contribution in [3.8, 4) is 0 Å². The normalized spacial score (nSPS) is 22.8. The molecule has 1 aromatic carbocycles. The van der Waals surface area contributed by atoms with Gasteiger partial charge >= 0.3 is 0 Å². The van der Waals surface area contributed by atoms with Crippen molar-refractivity contribution in [2.24, 2.45) is 0 Å². The summed E-state index contributed by atoms with van der Waals surface area (Å²) in [6.07, 6.45) is 1.96. The molecule has 4 nitrogen and oxygen atoms in total. The number of nitrogens with two attached hydrogens (primary N) is 1. The first-order valence-corrected chi connectivity index (χ1v) is 6.85. The van der Waals surface area contributed by atoms with Crippen LogP contribution in [-0.4, -0.2) is 21.8 Å². The summed E-state index contributed by atoms with van der Waals surface area (Å²) in [4.78, 5) is 4.54. The molecule has 1 aromatic heterocycles. The van der Waals surface area contributed by atoms with Gasteiger partial charge in [-0.3, -0.25) is 0 Å². The van der Waals surface area contributed by atoms with Gasteiger partial charge in [0.15, 0.2) is 0 Å². The Kier molecular flexibility index (Phi) is 2.78. The van der Waals surface area contributed by atoms with Crippen LogP contribution in [0.3, 0.4) is 0 Å². The third-order valence-corrected chi connectivity index (χ3v) is 3.99. The van der Waals surface area contributed by atoms with Crippen molar-refractivity contribution in [3.63, 3.8) is 0 Å². The lowest BCUT2D eigenvalue weighted by molar-refractivity contribution is -0.0682. The molecular weight excluding hydrogens is 238 g/mol. The van der Waals surface area contributed by atoms with E-state index in [4.69, 9.17) is 10.5 Å². The maximum Gasteiger partial charge on any atom is 0.201 e. The van der Waals surface area contributed by atoms with Gasteiger partial charge in [-0.25, -0.2) is 4.98 Å². The molecule has 19 heavy (non-hydrogen) atoms. The van der Waals surface area contributed by atoms with Crippen LogP contribution in [0.25, 0.3) is 11.0 Å². The van der Waals surface area contributed by atoms with Gasteiger partial charge in [0.1, 0.15) is 0 Å². The smallest absolute Gasteiger partial charge is 0.201 e. The second kappa shape index (κ2) is 4.23. The number of hydrogen-bond donors (Lipinski definition) is 1. The minimum absolute atomic E-state index is 0.0875. The molecule has 0 spiro atoms. The lowest BCUT2D eigenvalue weighted by Crippen LogP contribution is -2.35. The number of fused-ring (bicyclic) bond motifs is 1. The monoisotopic (exact) mass is 259 g/mol. The summed E-state index contributed by atoms with van der Waals surface area (Å²) in [7, 11) is 0. The molecule has 1 unspecified atom stereocenters. The molecule has 2 aromatic rings. The van der Waals surface area contributed by atoms with E-state index in [1.165, 1.54) is 5.56 Å². The van der Waals surface area contributed by atoms with Crippen LogP contribution in [0.15, 0.2) is 18.2 Å². The Labute approximate surface area is 113 Å². The Morgan fingerprint density at radius 2 is 2.21 bits per heavy atom. The number of ether oxygens (including phenoxy) is 1. The van der Waals surface area contributed by atoms with Crippen molar-refractivity contribution in [2.45, 2.75) is 45.3 Å². The largest absolute Gasteiger partial charge is 0.375 e. The molecule has 0 bridgehead atoms. The van der Waals surface area contributed by atoms with E-state index < -0.39 is 0 Å². The Hall–Kier alpha value is -1.55. The van der Waals surface area contributed by atoms with Crippen molar-refractivity contribution in [2.75, 3.05) is 12.3 Å². The predicted octanol–water partition coefficient (Wildman–Crippen LogP) is 3.06. The number of imidazole rings is 1. The summed E-state index contributed by atoms with van der Waals surface area (Å²) >= 11 is 0.